The maximum absolute atomic E-state index is 12.9. The Morgan fingerprint density at radius 3 is 2.78 bits per heavy atom. The minimum atomic E-state index is -0.203. The zero-order valence-electron chi connectivity index (χ0n) is 15.5. The van der Waals surface area contributed by atoms with Crippen LogP contribution in [0.25, 0.3) is 0 Å². The van der Waals surface area contributed by atoms with Gasteiger partial charge in [-0.3, -0.25) is 9.59 Å². The summed E-state index contributed by atoms with van der Waals surface area (Å²) in [5, 5.41) is 2.94. The van der Waals surface area contributed by atoms with Gasteiger partial charge in [-0.1, -0.05) is 12.1 Å². The highest BCUT2D eigenvalue weighted by Gasteiger charge is 2.26. The van der Waals surface area contributed by atoms with Crippen molar-refractivity contribution in [2.45, 2.75) is 32.8 Å². The highest BCUT2D eigenvalue weighted by atomic mass is 79.9. The number of rotatable bonds is 6. The van der Waals surface area contributed by atoms with Gasteiger partial charge in [0, 0.05) is 18.8 Å². The van der Waals surface area contributed by atoms with E-state index in [1.54, 1.807) is 11.0 Å². The maximum Gasteiger partial charge on any atom is 0.264 e. The average molecular weight is 451 g/mol. The molecule has 0 spiro atoms. The molecule has 0 unspecified atom stereocenters. The minimum Gasteiger partial charge on any atom is -0.376 e. The first-order valence-electron chi connectivity index (χ1n) is 8.96. The second kappa shape index (κ2) is 8.99. The highest BCUT2D eigenvalue weighted by molar-refractivity contribution is 9.11. The quantitative estimate of drug-likeness (QED) is 0.709. The Labute approximate surface area is 171 Å². The van der Waals surface area contributed by atoms with Gasteiger partial charge in [-0.25, -0.2) is 0 Å². The number of hydrogen-bond acceptors (Lipinski definition) is 4. The summed E-state index contributed by atoms with van der Waals surface area (Å²) in [5.74, 6) is -0.344. The summed E-state index contributed by atoms with van der Waals surface area (Å²) in [6.07, 6.45) is 1.90. The Morgan fingerprint density at radius 1 is 1.30 bits per heavy atom. The second-order valence-corrected chi connectivity index (χ2v) is 9.18. The number of amides is 2. The summed E-state index contributed by atoms with van der Waals surface area (Å²) in [6, 6.07) is 9.42. The van der Waals surface area contributed by atoms with Gasteiger partial charge in [-0.2, -0.15) is 0 Å². The number of carbonyl (C=O) groups excluding carboxylic acids is 2. The molecule has 27 heavy (non-hydrogen) atoms. The van der Waals surface area contributed by atoms with E-state index in [2.05, 4.69) is 21.2 Å². The van der Waals surface area contributed by atoms with Gasteiger partial charge in [-0.15, -0.1) is 11.3 Å². The van der Waals surface area contributed by atoms with Crippen molar-refractivity contribution in [3.63, 3.8) is 0 Å². The van der Waals surface area contributed by atoms with Gasteiger partial charge < -0.3 is 15.0 Å². The third-order valence-electron chi connectivity index (χ3n) is 4.73. The van der Waals surface area contributed by atoms with Crippen LogP contribution in [-0.2, 0) is 9.53 Å². The zero-order chi connectivity index (χ0) is 19.4. The fraction of sp³-hybridized carbons (Fsp3) is 0.400. The number of thiophene rings is 1. The lowest BCUT2D eigenvalue weighted by atomic mass is 10.1. The lowest BCUT2D eigenvalue weighted by Crippen LogP contribution is -2.42. The van der Waals surface area contributed by atoms with Crippen LogP contribution in [0.3, 0.4) is 0 Å². The van der Waals surface area contributed by atoms with Gasteiger partial charge in [0.1, 0.15) is 6.54 Å². The zero-order valence-corrected chi connectivity index (χ0v) is 17.9. The number of anilines is 1. The van der Waals surface area contributed by atoms with Crippen LogP contribution >= 0.6 is 27.3 Å². The number of nitrogens with zero attached hydrogens (tertiary/aromatic N) is 1. The van der Waals surface area contributed by atoms with Gasteiger partial charge >= 0.3 is 0 Å². The second-order valence-electron chi connectivity index (χ2n) is 6.72. The summed E-state index contributed by atoms with van der Waals surface area (Å²) in [4.78, 5) is 27.8. The molecule has 1 fully saturated rings. The molecule has 1 aromatic heterocycles. The summed E-state index contributed by atoms with van der Waals surface area (Å²) in [6.45, 7) is 5.12. The van der Waals surface area contributed by atoms with Gasteiger partial charge in [-0.05, 0) is 71.9 Å². The van der Waals surface area contributed by atoms with E-state index in [9.17, 15) is 9.59 Å². The van der Waals surface area contributed by atoms with Gasteiger partial charge in [0.15, 0.2) is 0 Å². The van der Waals surface area contributed by atoms with Crippen LogP contribution in [0.15, 0.2) is 34.1 Å². The Balaban J connectivity index is 1.72. The monoisotopic (exact) mass is 450 g/mol. The third kappa shape index (κ3) is 5.18. The van der Waals surface area contributed by atoms with Crippen molar-refractivity contribution in [2.24, 2.45) is 0 Å². The normalized spacial score (nSPS) is 16.3. The molecule has 2 heterocycles. The first-order valence-corrected chi connectivity index (χ1v) is 10.6. The van der Waals surface area contributed by atoms with Crippen LogP contribution in [0.5, 0.6) is 0 Å². The van der Waals surface area contributed by atoms with Crippen molar-refractivity contribution < 1.29 is 14.3 Å². The number of nitrogens with one attached hydrogen (secondary N) is 1. The van der Waals surface area contributed by atoms with E-state index in [-0.39, 0.29) is 24.5 Å². The van der Waals surface area contributed by atoms with E-state index in [0.717, 1.165) is 33.4 Å². The molecular weight excluding hydrogens is 428 g/mol. The van der Waals surface area contributed by atoms with Gasteiger partial charge in [0.2, 0.25) is 5.91 Å². The van der Waals surface area contributed by atoms with E-state index < -0.39 is 0 Å². The molecule has 1 saturated heterocycles. The Bertz CT molecular complexity index is 830. The Kier molecular flexibility index (Phi) is 6.68. The minimum absolute atomic E-state index is 0.00158. The van der Waals surface area contributed by atoms with E-state index >= 15 is 0 Å². The molecule has 1 N–H and O–H groups in total. The Morgan fingerprint density at radius 2 is 2.11 bits per heavy atom. The summed E-state index contributed by atoms with van der Waals surface area (Å²) in [7, 11) is 0. The van der Waals surface area contributed by atoms with Crippen LogP contribution < -0.4 is 5.32 Å². The van der Waals surface area contributed by atoms with E-state index in [1.165, 1.54) is 11.3 Å². The van der Waals surface area contributed by atoms with Crippen LogP contribution in [0, 0.1) is 13.8 Å². The summed E-state index contributed by atoms with van der Waals surface area (Å²) >= 11 is 4.76. The van der Waals surface area contributed by atoms with Crippen molar-refractivity contribution in [2.75, 3.05) is 25.0 Å². The lowest BCUT2D eigenvalue weighted by molar-refractivity contribution is -0.117. The number of halogens is 1. The molecule has 2 aromatic rings. The predicted octanol–water partition coefficient (Wildman–Crippen LogP) is 4.39. The molecule has 7 heteroatoms. The fourth-order valence-electron chi connectivity index (χ4n) is 3.09. The van der Waals surface area contributed by atoms with Crippen molar-refractivity contribution in [3.8, 4) is 0 Å². The van der Waals surface area contributed by atoms with Crippen molar-refractivity contribution in [1.82, 2.24) is 4.90 Å². The molecule has 0 aliphatic carbocycles. The van der Waals surface area contributed by atoms with Crippen LogP contribution in [-0.4, -0.2) is 42.5 Å². The number of hydrogen-bond donors (Lipinski definition) is 1. The highest BCUT2D eigenvalue weighted by Crippen LogP contribution is 2.24. The first-order chi connectivity index (χ1) is 12.9. The van der Waals surface area contributed by atoms with Crippen LogP contribution in [0.1, 0.15) is 33.6 Å². The molecule has 3 rings (SSSR count). The average Bonchev–Trinajstić information content (AvgIpc) is 3.29. The third-order valence-corrected chi connectivity index (χ3v) is 6.34. The Hall–Kier alpha value is -1.70. The van der Waals surface area contributed by atoms with E-state index in [1.807, 2.05) is 38.1 Å². The maximum atomic E-state index is 12.9. The molecule has 5 nitrogen and oxygen atoms in total. The largest absolute Gasteiger partial charge is 0.376 e. The molecule has 1 aliphatic heterocycles. The van der Waals surface area contributed by atoms with Crippen LogP contribution in [0.2, 0.25) is 0 Å². The molecule has 1 aliphatic rings. The lowest BCUT2D eigenvalue weighted by Gasteiger charge is -2.24. The van der Waals surface area contributed by atoms with Crippen molar-refractivity contribution in [1.29, 1.82) is 0 Å². The van der Waals surface area contributed by atoms with Crippen molar-refractivity contribution >= 4 is 44.8 Å². The van der Waals surface area contributed by atoms with Crippen molar-refractivity contribution in [3.05, 3.63) is 50.1 Å². The smallest absolute Gasteiger partial charge is 0.264 e. The first kappa shape index (κ1) is 20.0. The standard InChI is InChI=1S/C20H23BrN2O3S/c1-13-5-3-7-16(14(13)2)22-19(24)12-23(11-15-6-4-10-26-15)20(25)17-8-9-18(21)27-17/h3,5,7-9,15H,4,6,10-12H2,1-2H3,(H,22,24)/t15-/m0/s1. The molecular formula is C20H23BrN2O3S. The van der Waals surface area contributed by atoms with Gasteiger partial charge in [0.05, 0.1) is 14.8 Å². The number of aryl methyl sites for hydroxylation is 1. The molecule has 0 radical (unpaired) electrons. The number of carbonyl (C=O) groups is 2. The van der Waals surface area contributed by atoms with E-state index in [4.69, 9.17) is 4.74 Å². The summed E-state index contributed by atoms with van der Waals surface area (Å²) < 4.78 is 6.57. The van der Waals surface area contributed by atoms with E-state index in [0.29, 0.717) is 18.0 Å². The molecule has 1 aromatic carbocycles. The predicted molar refractivity (Wildman–Crippen MR) is 111 cm³/mol. The molecule has 0 bridgehead atoms. The molecule has 144 valence electrons. The van der Waals surface area contributed by atoms with Gasteiger partial charge in [0.25, 0.3) is 5.91 Å². The molecule has 2 amide bonds. The number of ether oxygens (including phenoxy) is 1. The SMILES string of the molecule is Cc1cccc(NC(=O)CN(C[C@@H]2CCCO2)C(=O)c2ccc(Br)s2)c1C. The van der Waals surface area contributed by atoms with Crippen LogP contribution in [0.4, 0.5) is 5.69 Å². The number of benzene rings is 1. The molecule has 0 saturated carbocycles. The molecule has 1 atom stereocenters. The fourth-order valence-corrected chi connectivity index (χ4v) is 4.44. The summed E-state index contributed by atoms with van der Waals surface area (Å²) in [5.41, 5.74) is 2.93. The topological polar surface area (TPSA) is 58.6 Å².